The number of aryl methyl sites for hydroxylation is 3. The van der Waals surface area contributed by atoms with Gasteiger partial charge in [-0.15, -0.1) is 0 Å². The number of methoxy groups -OCH3 is 1. The van der Waals surface area contributed by atoms with E-state index in [2.05, 4.69) is 0 Å². The maximum atomic E-state index is 13.3. The first kappa shape index (κ1) is 14.3. The Balaban J connectivity index is 2.54. The molecule has 0 amide bonds. The van der Waals surface area contributed by atoms with E-state index in [9.17, 15) is 9.18 Å². The van der Waals surface area contributed by atoms with Gasteiger partial charge in [-0.1, -0.05) is 6.07 Å². The summed E-state index contributed by atoms with van der Waals surface area (Å²) in [5.41, 5.74) is 3.45. The SMILES string of the molecule is COc1cc(C)c(C(=O)c2cc(F)ccc2C)cc1C. The Hall–Kier alpha value is -2.16. The first-order chi connectivity index (χ1) is 9.43. The molecule has 3 heteroatoms. The van der Waals surface area contributed by atoms with Crippen molar-refractivity contribution in [3.05, 3.63) is 64.0 Å². The number of rotatable bonds is 3. The molecule has 0 saturated heterocycles. The highest BCUT2D eigenvalue weighted by atomic mass is 19.1. The number of halogens is 1. The Morgan fingerprint density at radius 2 is 1.60 bits per heavy atom. The van der Waals surface area contributed by atoms with E-state index in [1.165, 1.54) is 12.1 Å². The fraction of sp³-hybridized carbons (Fsp3) is 0.235. The summed E-state index contributed by atoms with van der Waals surface area (Å²) in [4.78, 5) is 12.6. The maximum Gasteiger partial charge on any atom is 0.193 e. The lowest BCUT2D eigenvalue weighted by Crippen LogP contribution is -2.07. The molecule has 104 valence electrons. The van der Waals surface area contributed by atoms with E-state index in [0.29, 0.717) is 11.1 Å². The molecule has 0 spiro atoms. The number of hydrogen-bond donors (Lipinski definition) is 0. The van der Waals surface area contributed by atoms with Crippen LogP contribution in [0.5, 0.6) is 5.75 Å². The smallest absolute Gasteiger partial charge is 0.193 e. The Morgan fingerprint density at radius 3 is 2.25 bits per heavy atom. The highest BCUT2D eigenvalue weighted by Crippen LogP contribution is 2.25. The maximum absolute atomic E-state index is 13.3. The van der Waals surface area contributed by atoms with Gasteiger partial charge in [-0.05, 0) is 61.7 Å². The Labute approximate surface area is 118 Å². The van der Waals surface area contributed by atoms with Crippen molar-refractivity contribution >= 4 is 5.78 Å². The van der Waals surface area contributed by atoms with Crippen molar-refractivity contribution in [3.8, 4) is 5.75 Å². The molecule has 20 heavy (non-hydrogen) atoms. The Kier molecular flexibility index (Phi) is 3.89. The summed E-state index contributed by atoms with van der Waals surface area (Å²) in [6.45, 7) is 5.54. The zero-order valence-electron chi connectivity index (χ0n) is 12.1. The molecular weight excluding hydrogens is 255 g/mol. The van der Waals surface area contributed by atoms with Crippen LogP contribution in [0.15, 0.2) is 30.3 Å². The second-order valence-electron chi connectivity index (χ2n) is 4.93. The third-order valence-corrected chi connectivity index (χ3v) is 3.43. The molecule has 2 nitrogen and oxygen atoms in total. The van der Waals surface area contributed by atoms with Gasteiger partial charge >= 0.3 is 0 Å². The van der Waals surface area contributed by atoms with E-state index in [4.69, 9.17) is 4.74 Å². The van der Waals surface area contributed by atoms with Gasteiger partial charge in [0.25, 0.3) is 0 Å². The molecule has 0 atom stereocenters. The zero-order chi connectivity index (χ0) is 14.9. The first-order valence-corrected chi connectivity index (χ1v) is 6.40. The minimum absolute atomic E-state index is 0.162. The van der Waals surface area contributed by atoms with Gasteiger partial charge in [-0.3, -0.25) is 4.79 Å². The number of ether oxygens (including phenoxy) is 1. The van der Waals surface area contributed by atoms with Crippen LogP contribution in [0.4, 0.5) is 4.39 Å². The van der Waals surface area contributed by atoms with Gasteiger partial charge in [0, 0.05) is 11.1 Å². The van der Waals surface area contributed by atoms with Gasteiger partial charge in [0.1, 0.15) is 11.6 Å². The minimum Gasteiger partial charge on any atom is -0.496 e. The van der Waals surface area contributed by atoms with Crippen molar-refractivity contribution < 1.29 is 13.9 Å². The molecule has 0 radical (unpaired) electrons. The van der Waals surface area contributed by atoms with Crippen LogP contribution in [0.1, 0.15) is 32.6 Å². The predicted molar refractivity (Wildman–Crippen MR) is 77.0 cm³/mol. The lowest BCUT2D eigenvalue weighted by Gasteiger charge is -2.12. The Morgan fingerprint density at radius 1 is 0.950 bits per heavy atom. The number of ketones is 1. The predicted octanol–water partition coefficient (Wildman–Crippen LogP) is 3.99. The first-order valence-electron chi connectivity index (χ1n) is 6.40. The van der Waals surface area contributed by atoms with Crippen LogP contribution in [0.3, 0.4) is 0 Å². The molecular formula is C17H17FO2. The van der Waals surface area contributed by atoms with Crippen LogP contribution in [0.25, 0.3) is 0 Å². The molecule has 0 N–H and O–H groups in total. The zero-order valence-corrected chi connectivity index (χ0v) is 12.1. The van der Waals surface area contributed by atoms with Crippen molar-refractivity contribution in [2.45, 2.75) is 20.8 Å². The monoisotopic (exact) mass is 272 g/mol. The fourth-order valence-electron chi connectivity index (χ4n) is 2.24. The molecule has 0 aliphatic carbocycles. The largest absolute Gasteiger partial charge is 0.496 e. The lowest BCUT2D eigenvalue weighted by molar-refractivity contribution is 0.103. The third kappa shape index (κ3) is 2.57. The number of carbonyl (C=O) groups excluding carboxylic acids is 1. The van der Waals surface area contributed by atoms with Gasteiger partial charge < -0.3 is 4.74 Å². The average molecular weight is 272 g/mol. The molecule has 0 saturated carbocycles. The van der Waals surface area contributed by atoms with Gasteiger partial charge in [-0.2, -0.15) is 0 Å². The van der Waals surface area contributed by atoms with Gasteiger partial charge in [-0.25, -0.2) is 4.39 Å². The van der Waals surface area contributed by atoms with Crippen LogP contribution >= 0.6 is 0 Å². The van der Waals surface area contributed by atoms with E-state index in [0.717, 1.165) is 22.4 Å². The summed E-state index contributed by atoms with van der Waals surface area (Å²) in [6.07, 6.45) is 0. The molecule has 0 aliphatic rings. The van der Waals surface area contributed by atoms with E-state index in [1.54, 1.807) is 26.2 Å². The van der Waals surface area contributed by atoms with Crippen LogP contribution in [-0.2, 0) is 0 Å². The van der Waals surface area contributed by atoms with Crippen molar-refractivity contribution in [1.29, 1.82) is 0 Å². The summed E-state index contributed by atoms with van der Waals surface area (Å²) in [5.74, 6) is 0.183. The number of benzene rings is 2. The molecule has 2 aromatic carbocycles. The number of carbonyl (C=O) groups is 1. The van der Waals surface area contributed by atoms with Crippen LogP contribution < -0.4 is 4.74 Å². The fourth-order valence-corrected chi connectivity index (χ4v) is 2.24. The average Bonchev–Trinajstić information content (AvgIpc) is 2.42. The molecule has 0 aromatic heterocycles. The van der Waals surface area contributed by atoms with E-state index < -0.39 is 5.82 Å². The van der Waals surface area contributed by atoms with Gasteiger partial charge in [0.2, 0.25) is 0 Å². The molecule has 0 fully saturated rings. The summed E-state index contributed by atoms with van der Waals surface area (Å²) < 4.78 is 18.6. The molecule has 0 bridgehead atoms. The normalized spacial score (nSPS) is 10.4. The van der Waals surface area contributed by atoms with E-state index >= 15 is 0 Å². The van der Waals surface area contributed by atoms with Crippen LogP contribution in [-0.4, -0.2) is 12.9 Å². The highest BCUT2D eigenvalue weighted by molar-refractivity contribution is 6.11. The molecule has 2 rings (SSSR count). The quantitative estimate of drug-likeness (QED) is 0.790. The second-order valence-corrected chi connectivity index (χ2v) is 4.93. The van der Waals surface area contributed by atoms with E-state index in [-0.39, 0.29) is 5.78 Å². The van der Waals surface area contributed by atoms with Crippen molar-refractivity contribution in [2.75, 3.05) is 7.11 Å². The van der Waals surface area contributed by atoms with Gasteiger partial charge in [0.15, 0.2) is 5.78 Å². The summed E-state index contributed by atoms with van der Waals surface area (Å²) in [7, 11) is 1.60. The molecule has 2 aromatic rings. The van der Waals surface area contributed by atoms with Gasteiger partial charge in [0.05, 0.1) is 7.11 Å². The van der Waals surface area contributed by atoms with E-state index in [1.807, 2.05) is 19.9 Å². The third-order valence-electron chi connectivity index (χ3n) is 3.43. The molecule has 0 aliphatic heterocycles. The summed E-state index contributed by atoms with van der Waals surface area (Å²) in [5, 5.41) is 0. The second kappa shape index (κ2) is 5.45. The minimum atomic E-state index is -0.401. The Bertz CT molecular complexity index is 675. The lowest BCUT2D eigenvalue weighted by atomic mass is 9.94. The molecule has 0 unspecified atom stereocenters. The van der Waals surface area contributed by atoms with Crippen molar-refractivity contribution in [1.82, 2.24) is 0 Å². The van der Waals surface area contributed by atoms with Crippen molar-refractivity contribution in [3.63, 3.8) is 0 Å². The standard InChI is InChI=1S/C17H17FO2/c1-10-5-6-13(18)9-15(10)17(19)14-7-12(3)16(20-4)8-11(14)2/h5-9H,1-4H3. The number of hydrogen-bond acceptors (Lipinski definition) is 2. The van der Waals surface area contributed by atoms with Crippen LogP contribution in [0.2, 0.25) is 0 Å². The summed E-state index contributed by atoms with van der Waals surface area (Å²) in [6, 6.07) is 7.89. The van der Waals surface area contributed by atoms with Crippen molar-refractivity contribution in [2.24, 2.45) is 0 Å². The summed E-state index contributed by atoms with van der Waals surface area (Å²) >= 11 is 0. The highest BCUT2D eigenvalue weighted by Gasteiger charge is 2.16. The topological polar surface area (TPSA) is 26.3 Å². The van der Waals surface area contributed by atoms with Crippen LogP contribution in [0, 0.1) is 26.6 Å². The molecule has 0 heterocycles.